The second-order valence-corrected chi connectivity index (χ2v) is 2.51. The standard InChI is InChI=1S/C6H8O6.CH2O3/c7-4(8)1-3(6(11)12)2-5(9)10;2-1(3)4/h3H,1-2H2,(H,7,8)(H,9,10)(H,11,12);(H2,2,3,4). The minimum atomic E-state index is -1.83. The molecule has 0 saturated heterocycles. The van der Waals surface area contributed by atoms with Gasteiger partial charge in [-0.1, -0.05) is 0 Å². The van der Waals surface area contributed by atoms with Crippen LogP contribution in [0.4, 0.5) is 4.79 Å². The lowest BCUT2D eigenvalue weighted by molar-refractivity contribution is -0.152. The van der Waals surface area contributed by atoms with Crippen molar-refractivity contribution in [2.24, 2.45) is 5.92 Å². The quantitative estimate of drug-likeness (QED) is 0.437. The number of carboxylic acid groups (broad SMARTS) is 5. The van der Waals surface area contributed by atoms with Gasteiger partial charge in [-0.15, -0.1) is 0 Å². The summed E-state index contributed by atoms with van der Waals surface area (Å²) < 4.78 is 0. The number of hydrogen-bond donors (Lipinski definition) is 5. The summed E-state index contributed by atoms with van der Waals surface area (Å²) in [5.41, 5.74) is 0. The van der Waals surface area contributed by atoms with E-state index in [4.69, 9.17) is 30.3 Å². The molecule has 16 heavy (non-hydrogen) atoms. The van der Waals surface area contributed by atoms with Crippen molar-refractivity contribution in [3.8, 4) is 0 Å². The van der Waals surface area contributed by atoms with E-state index < -0.39 is 42.8 Å². The van der Waals surface area contributed by atoms with Crippen LogP contribution in [0.5, 0.6) is 0 Å². The Kier molecular flexibility index (Phi) is 8.09. The van der Waals surface area contributed by atoms with Crippen molar-refractivity contribution in [2.45, 2.75) is 12.8 Å². The third-order valence-electron chi connectivity index (χ3n) is 1.19. The van der Waals surface area contributed by atoms with Gasteiger partial charge in [0.15, 0.2) is 0 Å². The summed E-state index contributed by atoms with van der Waals surface area (Å²) in [6, 6.07) is 0. The Morgan fingerprint density at radius 1 is 0.750 bits per heavy atom. The number of carboxylic acids is 3. The highest BCUT2D eigenvalue weighted by molar-refractivity contribution is 5.82. The van der Waals surface area contributed by atoms with Gasteiger partial charge in [-0.2, -0.15) is 0 Å². The van der Waals surface area contributed by atoms with E-state index in [0.717, 1.165) is 0 Å². The minimum Gasteiger partial charge on any atom is -0.481 e. The summed E-state index contributed by atoms with van der Waals surface area (Å²) in [7, 11) is 0. The van der Waals surface area contributed by atoms with Crippen LogP contribution in [-0.2, 0) is 14.4 Å². The van der Waals surface area contributed by atoms with Gasteiger partial charge < -0.3 is 25.5 Å². The molecule has 0 unspecified atom stereocenters. The first-order chi connectivity index (χ1) is 7.16. The molecule has 0 aliphatic rings. The molecule has 0 rings (SSSR count). The lowest BCUT2D eigenvalue weighted by Crippen LogP contribution is -2.20. The Morgan fingerprint density at radius 2 is 1.00 bits per heavy atom. The first kappa shape index (κ1) is 16.1. The van der Waals surface area contributed by atoms with Crippen LogP contribution >= 0.6 is 0 Å². The minimum absolute atomic E-state index is 0.665. The Morgan fingerprint density at radius 3 is 1.12 bits per heavy atom. The van der Waals surface area contributed by atoms with E-state index in [0.29, 0.717) is 0 Å². The van der Waals surface area contributed by atoms with Crippen molar-refractivity contribution >= 4 is 24.1 Å². The zero-order valence-corrected chi connectivity index (χ0v) is 7.86. The summed E-state index contributed by atoms with van der Waals surface area (Å²) in [4.78, 5) is 38.9. The predicted molar refractivity (Wildman–Crippen MR) is 46.3 cm³/mol. The number of hydrogen-bond acceptors (Lipinski definition) is 4. The fourth-order valence-corrected chi connectivity index (χ4v) is 0.668. The second kappa shape index (κ2) is 8.03. The van der Waals surface area contributed by atoms with Crippen LogP contribution in [0, 0.1) is 5.92 Å². The van der Waals surface area contributed by atoms with Gasteiger partial charge in [0, 0.05) is 0 Å². The molecule has 0 aromatic rings. The topological polar surface area (TPSA) is 169 Å². The van der Waals surface area contributed by atoms with E-state index in [1.807, 2.05) is 0 Å². The molecule has 5 N–H and O–H groups in total. The maximum absolute atomic E-state index is 10.2. The SMILES string of the molecule is O=C(O)CC(CC(=O)O)C(=O)O.O=C(O)O. The molecule has 0 aliphatic heterocycles. The Balaban J connectivity index is 0. The summed E-state index contributed by atoms with van der Waals surface area (Å²) in [6.07, 6.45) is -3.16. The molecule has 0 heterocycles. The van der Waals surface area contributed by atoms with Gasteiger partial charge in [0.25, 0.3) is 0 Å². The second-order valence-electron chi connectivity index (χ2n) is 2.51. The zero-order chi connectivity index (χ0) is 13.3. The van der Waals surface area contributed by atoms with Crippen molar-refractivity contribution in [1.82, 2.24) is 0 Å². The predicted octanol–water partition coefficient (Wildman–Crippen LogP) is -0.141. The molecule has 0 fully saturated rings. The van der Waals surface area contributed by atoms with Gasteiger partial charge in [-0.05, 0) is 0 Å². The molecule has 0 spiro atoms. The Hall–Kier alpha value is -2.32. The summed E-state index contributed by atoms with van der Waals surface area (Å²) in [5.74, 6) is -5.38. The highest BCUT2D eigenvalue weighted by Gasteiger charge is 2.23. The van der Waals surface area contributed by atoms with Gasteiger partial charge in [0.05, 0.1) is 18.8 Å². The molecule has 9 heteroatoms. The molecule has 0 aliphatic carbocycles. The van der Waals surface area contributed by atoms with E-state index in [-0.39, 0.29) is 0 Å². The van der Waals surface area contributed by atoms with Crippen molar-refractivity contribution in [3.05, 3.63) is 0 Å². The first-order valence-corrected chi connectivity index (χ1v) is 3.75. The van der Waals surface area contributed by atoms with Crippen molar-refractivity contribution in [2.75, 3.05) is 0 Å². The van der Waals surface area contributed by atoms with Crippen LogP contribution < -0.4 is 0 Å². The van der Waals surface area contributed by atoms with Crippen LogP contribution in [0.3, 0.4) is 0 Å². The van der Waals surface area contributed by atoms with Crippen LogP contribution in [-0.4, -0.2) is 49.6 Å². The van der Waals surface area contributed by atoms with Crippen LogP contribution in [0.2, 0.25) is 0 Å². The normalized spacial score (nSPS) is 8.81. The van der Waals surface area contributed by atoms with E-state index in [9.17, 15) is 14.4 Å². The number of carbonyl (C=O) groups is 4. The van der Waals surface area contributed by atoms with Gasteiger partial charge in [0.1, 0.15) is 0 Å². The Bertz CT molecular complexity index is 262. The summed E-state index contributed by atoms with van der Waals surface area (Å²) in [5, 5.41) is 38.7. The molecular weight excluding hydrogens is 228 g/mol. The van der Waals surface area contributed by atoms with Crippen LogP contribution in [0.1, 0.15) is 12.8 Å². The fraction of sp³-hybridized carbons (Fsp3) is 0.429. The van der Waals surface area contributed by atoms with E-state index >= 15 is 0 Å². The average Bonchev–Trinajstić information content (AvgIpc) is 1.99. The first-order valence-electron chi connectivity index (χ1n) is 3.75. The van der Waals surface area contributed by atoms with E-state index in [1.54, 1.807) is 0 Å². The highest BCUT2D eigenvalue weighted by atomic mass is 16.6. The number of aliphatic carboxylic acids is 3. The van der Waals surface area contributed by atoms with E-state index in [1.165, 1.54) is 0 Å². The molecule has 0 bridgehead atoms. The summed E-state index contributed by atoms with van der Waals surface area (Å²) in [6.45, 7) is 0. The maximum Gasteiger partial charge on any atom is 0.503 e. The molecule has 92 valence electrons. The molecule has 0 amide bonds. The molecule has 9 nitrogen and oxygen atoms in total. The molecule has 0 saturated carbocycles. The highest BCUT2D eigenvalue weighted by Crippen LogP contribution is 2.08. The molecule has 0 atom stereocenters. The Labute approximate surface area is 88.6 Å². The van der Waals surface area contributed by atoms with Crippen molar-refractivity contribution in [1.29, 1.82) is 0 Å². The van der Waals surface area contributed by atoms with Gasteiger partial charge in [-0.3, -0.25) is 14.4 Å². The lowest BCUT2D eigenvalue weighted by atomic mass is 10.0. The maximum atomic E-state index is 10.2. The molecule has 0 aromatic carbocycles. The third-order valence-corrected chi connectivity index (χ3v) is 1.19. The average molecular weight is 238 g/mol. The van der Waals surface area contributed by atoms with Gasteiger partial charge in [-0.25, -0.2) is 4.79 Å². The van der Waals surface area contributed by atoms with E-state index in [2.05, 4.69) is 0 Å². The van der Waals surface area contributed by atoms with Crippen molar-refractivity contribution in [3.63, 3.8) is 0 Å². The van der Waals surface area contributed by atoms with Crippen LogP contribution in [0.15, 0.2) is 0 Å². The molecular formula is C7H10O9. The zero-order valence-electron chi connectivity index (χ0n) is 7.86. The van der Waals surface area contributed by atoms with Crippen LogP contribution in [0.25, 0.3) is 0 Å². The van der Waals surface area contributed by atoms with Gasteiger partial charge >= 0.3 is 24.1 Å². The smallest absolute Gasteiger partial charge is 0.481 e. The largest absolute Gasteiger partial charge is 0.503 e. The molecule has 0 aromatic heterocycles. The third kappa shape index (κ3) is 14.2. The van der Waals surface area contributed by atoms with Crippen molar-refractivity contribution < 1.29 is 44.7 Å². The summed E-state index contributed by atoms with van der Waals surface area (Å²) >= 11 is 0. The monoisotopic (exact) mass is 238 g/mol. The molecule has 0 radical (unpaired) electrons. The lowest BCUT2D eigenvalue weighted by Gasteiger charge is -2.04. The fourth-order valence-electron chi connectivity index (χ4n) is 0.668. The number of rotatable bonds is 5. The van der Waals surface area contributed by atoms with Gasteiger partial charge in [0.2, 0.25) is 0 Å².